The van der Waals surface area contributed by atoms with Gasteiger partial charge < -0.3 is 9.84 Å². The number of amides is 1. The lowest BCUT2D eigenvalue weighted by Gasteiger charge is -2.07. The number of anilines is 1. The molecule has 0 unspecified atom stereocenters. The monoisotopic (exact) mass is 406 g/mol. The van der Waals surface area contributed by atoms with Crippen LogP contribution in [0, 0.1) is 6.92 Å². The number of rotatable bonds is 5. The number of aromatic nitrogens is 3. The van der Waals surface area contributed by atoms with Gasteiger partial charge in [0.15, 0.2) is 16.6 Å². The number of nitrogens with one attached hydrogen (secondary N) is 1. The summed E-state index contributed by atoms with van der Waals surface area (Å²) in [6, 6.07) is 15.1. The maximum Gasteiger partial charge on any atom is 0.281 e. The first-order chi connectivity index (χ1) is 14.0. The molecule has 2 aromatic carbocycles. The summed E-state index contributed by atoms with van der Waals surface area (Å²) < 4.78 is 6.86. The summed E-state index contributed by atoms with van der Waals surface area (Å²) in [6.45, 7) is 1.99. The van der Waals surface area contributed by atoms with Gasteiger partial charge in [0.25, 0.3) is 5.91 Å². The van der Waals surface area contributed by atoms with Crippen molar-refractivity contribution < 1.29 is 14.6 Å². The van der Waals surface area contributed by atoms with Gasteiger partial charge in [-0.1, -0.05) is 29.8 Å². The highest BCUT2D eigenvalue weighted by molar-refractivity contribution is 7.14. The number of methoxy groups -OCH3 is 1. The molecule has 146 valence electrons. The Morgan fingerprint density at radius 1 is 1.21 bits per heavy atom. The summed E-state index contributed by atoms with van der Waals surface area (Å²) in [5.74, 6) is -0.0317. The number of hydrogen-bond acceptors (Lipinski definition) is 6. The van der Waals surface area contributed by atoms with Crippen LogP contribution in [-0.4, -0.2) is 32.9 Å². The van der Waals surface area contributed by atoms with E-state index in [1.54, 1.807) is 7.11 Å². The molecule has 8 heteroatoms. The molecule has 0 fully saturated rings. The van der Waals surface area contributed by atoms with Crippen molar-refractivity contribution in [1.29, 1.82) is 0 Å². The molecule has 7 nitrogen and oxygen atoms in total. The fourth-order valence-electron chi connectivity index (χ4n) is 2.87. The summed E-state index contributed by atoms with van der Waals surface area (Å²) >= 11 is 1.29. The number of para-hydroxylation sites is 1. The number of ether oxygens (including phenoxy) is 1. The van der Waals surface area contributed by atoms with Crippen molar-refractivity contribution in [3.63, 3.8) is 0 Å². The Morgan fingerprint density at radius 2 is 2.00 bits per heavy atom. The van der Waals surface area contributed by atoms with Crippen LogP contribution in [0.25, 0.3) is 16.9 Å². The Morgan fingerprint density at radius 3 is 2.76 bits per heavy atom. The van der Waals surface area contributed by atoms with Gasteiger partial charge in [-0.15, -0.1) is 11.3 Å². The van der Waals surface area contributed by atoms with Gasteiger partial charge in [0.1, 0.15) is 5.75 Å². The molecule has 29 heavy (non-hydrogen) atoms. The third-order valence-electron chi connectivity index (χ3n) is 4.29. The predicted octanol–water partition coefficient (Wildman–Crippen LogP) is 4.27. The molecule has 4 aromatic rings. The Kier molecular flexibility index (Phi) is 5.01. The molecule has 0 aliphatic heterocycles. The second kappa shape index (κ2) is 7.76. The number of hydrogen-bond donors (Lipinski definition) is 2. The number of carbonyl (C=O) groups excluding carboxylic acids is 1. The maximum absolute atomic E-state index is 12.6. The standard InChI is InChI=1S/C21H18N4O3S/c1-13-8-9-18(28-2)15(10-13)16-12-29-21(22-16)23-20(27)19-17(26)11-25(24-19)14-6-4-3-5-7-14/h3-12,26H,1-2H3,(H,22,23,27). The minimum Gasteiger partial charge on any atom is -0.504 e. The molecule has 0 saturated carbocycles. The number of thiazole rings is 1. The fraction of sp³-hybridized carbons (Fsp3) is 0.0952. The first kappa shape index (κ1) is 18.7. The summed E-state index contributed by atoms with van der Waals surface area (Å²) in [6.07, 6.45) is 1.40. The van der Waals surface area contributed by atoms with Gasteiger partial charge in [0.05, 0.1) is 24.7 Å². The molecule has 0 spiro atoms. The van der Waals surface area contributed by atoms with Crippen molar-refractivity contribution in [3.05, 3.63) is 71.4 Å². The van der Waals surface area contributed by atoms with E-state index in [1.807, 2.05) is 60.8 Å². The number of aryl methyl sites for hydroxylation is 1. The minimum absolute atomic E-state index is 0.0706. The average Bonchev–Trinajstić information content (AvgIpc) is 3.35. The molecular formula is C21H18N4O3S. The predicted molar refractivity (Wildman–Crippen MR) is 112 cm³/mol. The number of aromatic hydroxyl groups is 1. The summed E-state index contributed by atoms with van der Waals surface area (Å²) in [4.78, 5) is 17.1. The van der Waals surface area contributed by atoms with Crippen LogP contribution >= 0.6 is 11.3 Å². The number of benzene rings is 2. The second-order valence-electron chi connectivity index (χ2n) is 6.34. The van der Waals surface area contributed by atoms with E-state index in [1.165, 1.54) is 22.2 Å². The lowest BCUT2D eigenvalue weighted by atomic mass is 10.1. The van der Waals surface area contributed by atoms with Gasteiger partial charge in [0, 0.05) is 10.9 Å². The lowest BCUT2D eigenvalue weighted by molar-refractivity contribution is 0.101. The molecular weight excluding hydrogens is 388 g/mol. The zero-order valence-corrected chi connectivity index (χ0v) is 16.6. The highest BCUT2D eigenvalue weighted by Crippen LogP contribution is 2.33. The molecule has 2 heterocycles. The Labute approximate surface area is 171 Å². The van der Waals surface area contributed by atoms with Gasteiger partial charge in [-0.05, 0) is 31.2 Å². The van der Waals surface area contributed by atoms with Crippen LogP contribution in [0.4, 0.5) is 5.13 Å². The Bertz CT molecular complexity index is 1170. The third-order valence-corrected chi connectivity index (χ3v) is 5.04. The summed E-state index contributed by atoms with van der Waals surface area (Å²) in [7, 11) is 1.61. The van der Waals surface area contributed by atoms with Crippen molar-refractivity contribution in [2.24, 2.45) is 0 Å². The van der Waals surface area contributed by atoms with Crippen molar-refractivity contribution in [2.75, 3.05) is 12.4 Å². The van der Waals surface area contributed by atoms with Crippen molar-refractivity contribution in [1.82, 2.24) is 14.8 Å². The number of carbonyl (C=O) groups is 1. The van der Waals surface area contributed by atoms with Gasteiger partial charge >= 0.3 is 0 Å². The van der Waals surface area contributed by atoms with Crippen molar-refractivity contribution >= 4 is 22.4 Å². The van der Waals surface area contributed by atoms with E-state index < -0.39 is 5.91 Å². The van der Waals surface area contributed by atoms with E-state index >= 15 is 0 Å². The summed E-state index contributed by atoms with van der Waals surface area (Å²) in [5.41, 5.74) is 3.30. The summed E-state index contributed by atoms with van der Waals surface area (Å²) in [5, 5.41) is 19.3. The molecule has 1 amide bonds. The number of nitrogens with zero attached hydrogens (tertiary/aromatic N) is 3. The molecule has 4 rings (SSSR count). The Balaban J connectivity index is 1.56. The van der Waals surface area contributed by atoms with Crippen LogP contribution < -0.4 is 10.1 Å². The zero-order valence-electron chi connectivity index (χ0n) is 15.8. The van der Waals surface area contributed by atoms with Gasteiger partial charge in [0.2, 0.25) is 0 Å². The van der Waals surface area contributed by atoms with Crippen molar-refractivity contribution in [2.45, 2.75) is 6.92 Å². The fourth-order valence-corrected chi connectivity index (χ4v) is 3.58. The first-order valence-electron chi connectivity index (χ1n) is 8.81. The maximum atomic E-state index is 12.6. The SMILES string of the molecule is COc1ccc(C)cc1-c1csc(NC(=O)c2nn(-c3ccccc3)cc2O)n1. The van der Waals surface area contributed by atoms with Crippen LogP contribution in [0.15, 0.2) is 60.1 Å². The minimum atomic E-state index is -0.533. The van der Waals surface area contributed by atoms with Crippen molar-refractivity contribution in [3.8, 4) is 28.4 Å². The van der Waals surface area contributed by atoms with Gasteiger partial charge in [-0.25, -0.2) is 9.67 Å². The van der Waals surface area contributed by atoms with E-state index in [0.29, 0.717) is 16.6 Å². The van der Waals surface area contributed by atoms with E-state index in [4.69, 9.17) is 4.74 Å². The van der Waals surface area contributed by atoms with Crippen LogP contribution in [-0.2, 0) is 0 Å². The normalized spacial score (nSPS) is 10.7. The molecule has 0 radical (unpaired) electrons. The quantitative estimate of drug-likeness (QED) is 0.517. The van der Waals surface area contributed by atoms with Gasteiger partial charge in [-0.3, -0.25) is 10.1 Å². The lowest BCUT2D eigenvalue weighted by Crippen LogP contribution is -2.13. The third kappa shape index (κ3) is 3.83. The highest BCUT2D eigenvalue weighted by Gasteiger charge is 2.19. The van der Waals surface area contributed by atoms with E-state index in [-0.39, 0.29) is 11.4 Å². The molecule has 0 aliphatic carbocycles. The molecule has 2 aromatic heterocycles. The van der Waals surface area contributed by atoms with E-state index in [2.05, 4.69) is 15.4 Å². The molecule has 0 saturated heterocycles. The zero-order chi connectivity index (χ0) is 20.4. The molecule has 0 atom stereocenters. The van der Waals surface area contributed by atoms with Crippen LogP contribution in [0.1, 0.15) is 16.1 Å². The highest BCUT2D eigenvalue weighted by atomic mass is 32.1. The largest absolute Gasteiger partial charge is 0.504 e. The van der Waals surface area contributed by atoms with Crippen LogP contribution in [0.5, 0.6) is 11.5 Å². The smallest absolute Gasteiger partial charge is 0.281 e. The average molecular weight is 406 g/mol. The Hall–Kier alpha value is -3.65. The van der Waals surface area contributed by atoms with Gasteiger partial charge in [-0.2, -0.15) is 5.10 Å². The van der Waals surface area contributed by atoms with E-state index in [9.17, 15) is 9.90 Å². The van der Waals surface area contributed by atoms with E-state index in [0.717, 1.165) is 16.8 Å². The second-order valence-corrected chi connectivity index (χ2v) is 7.20. The van der Waals surface area contributed by atoms with Crippen LogP contribution in [0.3, 0.4) is 0 Å². The van der Waals surface area contributed by atoms with Crippen LogP contribution in [0.2, 0.25) is 0 Å². The topological polar surface area (TPSA) is 89.3 Å². The molecule has 2 N–H and O–H groups in total. The molecule has 0 aliphatic rings. The molecule has 0 bridgehead atoms. The first-order valence-corrected chi connectivity index (χ1v) is 9.69.